The van der Waals surface area contributed by atoms with E-state index in [-0.39, 0.29) is 11.9 Å². The van der Waals surface area contributed by atoms with Crippen LogP contribution in [0.1, 0.15) is 42.2 Å². The summed E-state index contributed by atoms with van der Waals surface area (Å²) in [7, 11) is 1.77. The summed E-state index contributed by atoms with van der Waals surface area (Å²) in [5.41, 5.74) is 1.18. The van der Waals surface area contributed by atoms with Gasteiger partial charge in [-0.05, 0) is 38.4 Å². The standard InChI is InChI=1S/C18H21N7O2/c1-3-25(12-6-4-8-19-10-12)18(26)14-11-21-16(24(14)2)15-22-17(27-23-15)13-7-5-9-20-13/h4,6,8,10-11,13,20H,3,5,7,9H2,1-2H3. The van der Waals surface area contributed by atoms with E-state index in [4.69, 9.17) is 4.52 Å². The van der Waals surface area contributed by atoms with E-state index < -0.39 is 0 Å². The maximum Gasteiger partial charge on any atom is 0.276 e. The molecule has 1 fully saturated rings. The highest BCUT2D eigenvalue weighted by Crippen LogP contribution is 2.24. The van der Waals surface area contributed by atoms with Crippen molar-refractivity contribution in [2.75, 3.05) is 18.0 Å². The summed E-state index contributed by atoms with van der Waals surface area (Å²) in [5.74, 6) is 1.27. The van der Waals surface area contributed by atoms with Crippen LogP contribution in [-0.4, -0.2) is 43.7 Å². The number of rotatable bonds is 5. The zero-order valence-corrected chi connectivity index (χ0v) is 15.3. The molecule has 3 aromatic heterocycles. The number of pyridine rings is 1. The van der Waals surface area contributed by atoms with Crippen LogP contribution < -0.4 is 10.2 Å². The molecule has 0 spiro atoms. The van der Waals surface area contributed by atoms with Gasteiger partial charge in [-0.2, -0.15) is 4.98 Å². The van der Waals surface area contributed by atoms with E-state index >= 15 is 0 Å². The molecule has 27 heavy (non-hydrogen) atoms. The van der Waals surface area contributed by atoms with Crippen molar-refractivity contribution >= 4 is 11.6 Å². The second-order valence-corrected chi connectivity index (χ2v) is 6.39. The summed E-state index contributed by atoms with van der Waals surface area (Å²) in [6.45, 7) is 3.39. The smallest absolute Gasteiger partial charge is 0.276 e. The number of anilines is 1. The first-order chi connectivity index (χ1) is 13.2. The first kappa shape index (κ1) is 17.3. The fourth-order valence-corrected chi connectivity index (χ4v) is 3.27. The number of carbonyl (C=O) groups excluding carboxylic acids is 1. The molecule has 0 saturated carbocycles. The normalized spacial score (nSPS) is 16.6. The largest absolute Gasteiger partial charge is 0.337 e. The van der Waals surface area contributed by atoms with E-state index in [1.807, 2.05) is 13.0 Å². The van der Waals surface area contributed by atoms with Crippen molar-refractivity contribution < 1.29 is 9.32 Å². The monoisotopic (exact) mass is 367 g/mol. The van der Waals surface area contributed by atoms with Gasteiger partial charge < -0.3 is 19.3 Å². The molecule has 1 N–H and O–H groups in total. The molecule has 1 amide bonds. The minimum atomic E-state index is -0.159. The number of imidazole rings is 1. The molecular weight excluding hydrogens is 346 g/mol. The number of hydrogen-bond donors (Lipinski definition) is 1. The molecule has 0 aliphatic carbocycles. The summed E-state index contributed by atoms with van der Waals surface area (Å²) < 4.78 is 7.08. The highest BCUT2D eigenvalue weighted by molar-refractivity contribution is 6.05. The van der Waals surface area contributed by atoms with Crippen molar-refractivity contribution in [3.63, 3.8) is 0 Å². The van der Waals surface area contributed by atoms with Gasteiger partial charge in [0.25, 0.3) is 5.91 Å². The Bertz CT molecular complexity index is 928. The molecule has 1 saturated heterocycles. The van der Waals surface area contributed by atoms with Gasteiger partial charge in [0.2, 0.25) is 11.7 Å². The molecule has 0 radical (unpaired) electrons. The lowest BCUT2D eigenvalue weighted by molar-refractivity contribution is 0.0980. The molecule has 4 rings (SSSR count). The van der Waals surface area contributed by atoms with E-state index in [0.29, 0.717) is 29.8 Å². The summed E-state index contributed by atoms with van der Waals surface area (Å²) in [6.07, 6.45) is 6.95. The van der Waals surface area contributed by atoms with Gasteiger partial charge in [-0.3, -0.25) is 9.78 Å². The molecule has 1 atom stereocenters. The SMILES string of the molecule is CCN(C(=O)c1cnc(-c2noc(C3CCCN3)n2)n1C)c1cccnc1. The second-order valence-electron chi connectivity index (χ2n) is 6.39. The van der Waals surface area contributed by atoms with Crippen LogP contribution in [0.5, 0.6) is 0 Å². The van der Waals surface area contributed by atoms with Crippen LogP contribution in [0.2, 0.25) is 0 Å². The Morgan fingerprint density at radius 3 is 3.04 bits per heavy atom. The zero-order chi connectivity index (χ0) is 18.8. The minimum Gasteiger partial charge on any atom is -0.337 e. The van der Waals surface area contributed by atoms with Crippen LogP contribution >= 0.6 is 0 Å². The predicted octanol–water partition coefficient (Wildman–Crippen LogP) is 1.96. The van der Waals surface area contributed by atoms with Gasteiger partial charge in [-0.15, -0.1) is 0 Å². The van der Waals surface area contributed by atoms with Gasteiger partial charge in [0.1, 0.15) is 5.69 Å². The van der Waals surface area contributed by atoms with Crippen molar-refractivity contribution in [1.29, 1.82) is 0 Å². The van der Waals surface area contributed by atoms with Crippen LogP contribution in [0.15, 0.2) is 35.2 Å². The summed E-state index contributed by atoms with van der Waals surface area (Å²) in [5, 5.41) is 7.37. The van der Waals surface area contributed by atoms with Gasteiger partial charge in [-0.25, -0.2) is 4.98 Å². The molecule has 9 nitrogen and oxygen atoms in total. The molecule has 1 aliphatic rings. The number of hydrogen-bond acceptors (Lipinski definition) is 7. The summed E-state index contributed by atoms with van der Waals surface area (Å²) in [6, 6.07) is 3.75. The molecule has 1 aliphatic heterocycles. The van der Waals surface area contributed by atoms with Crippen LogP contribution in [0, 0.1) is 0 Å². The molecule has 140 valence electrons. The molecule has 0 aromatic carbocycles. The first-order valence-electron chi connectivity index (χ1n) is 9.00. The third-order valence-electron chi connectivity index (χ3n) is 4.73. The quantitative estimate of drug-likeness (QED) is 0.735. The van der Waals surface area contributed by atoms with Crippen LogP contribution in [0.25, 0.3) is 11.6 Å². The Morgan fingerprint density at radius 2 is 2.33 bits per heavy atom. The van der Waals surface area contributed by atoms with E-state index in [9.17, 15) is 4.79 Å². The molecule has 4 heterocycles. The van der Waals surface area contributed by atoms with Gasteiger partial charge >= 0.3 is 0 Å². The fourth-order valence-electron chi connectivity index (χ4n) is 3.27. The predicted molar refractivity (Wildman–Crippen MR) is 98.1 cm³/mol. The van der Waals surface area contributed by atoms with Crippen molar-refractivity contribution in [2.24, 2.45) is 7.05 Å². The maximum absolute atomic E-state index is 13.0. The maximum atomic E-state index is 13.0. The van der Waals surface area contributed by atoms with Crippen LogP contribution in [0.4, 0.5) is 5.69 Å². The summed E-state index contributed by atoms with van der Waals surface area (Å²) >= 11 is 0. The fraction of sp³-hybridized carbons (Fsp3) is 0.389. The Morgan fingerprint density at radius 1 is 1.44 bits per heavy atom. The number of aromatic nitrogens is 5. The van der Waals surface area contributed by atoms with E-state index in [1.165, 1.54) is 0 Å². The third kappa shape index (κ3) is 3.21. The van der Waals surface area contributed by atoms with Gasteiger partial charge in [-0.1, -0.05) is 5.16 Å². The molecule has 3 aromatic rings. The molecule has 1 unspecified atom stereocenters. The summed E-state index contributed by atoms with van der Waals surface area (Å²) in [4.78, 5) is 27.6. The van der Waals surface area contributed by atoms with E-state index in [0.717, 1.165) is 25.1 Å². The lowest BCUT2D eigenvalue weighted by Gasteiger charge is -2.20. The minimum absolute atomic E-state index is 0.0915. The number of carbonyl (C=O) groups is 1. The van der Waals surface area contributed by atoms with Crippen molar-refractivity contribution in [2.45, 2.75) is 25.8 Å². The zero-order valence-electron chi connectivity index (χ0n) is 15.3. The van der Waals surface area contributed by atoms with Gasteiger partial charge in [0.05, 0.1) is 24.1 Å². The van der Waals surface area contributed by atoms with Crippen molar-refractivity contribution in [1.82, 2.24) is 30.0 Å². The topological polar surface area (TPSA) is 102 Å². The van der Waals surface area contributed by atoms with Gasteiger partial charge in [0, 0.05) is 19.8 Å². The Labute approximate surface area is 156 Å². The second kappa shape index (κ2) is 7.28. The average Bonchev–Trinajstić information content (AvgIpc) is 3.43. The molecule has 9 heteroatoms. The highest BCUT2D eigenvalue weighted by Gasteiger charge is 2.26. The number of nitrogens with zero attached hydrogens (tertiary/aromatic N) is 6. The Kier molecular flexibility index (Phi) is 4.68. The Hall–Kier alpha value is -3.07. The van der Waals surface area contributed by atoms with Crippen LogP contribution in [-0.2, 0) is 7.05 Å². The Balaban J connectivity index is 1.61. The van der Waals surface area contributed by atoms with Crippen LogP contribution in [0.3, 0.4) is 0 Å². The van der Waals surface area contributed by atoms with Gasteiger partial charge in [0.15, 0.2) is 5.82 Å². The number of nitrogens with one attached hydrogen (secondary N) is 1. The van der Waals surface area contributed by atoms with Crippen molar-refractivity contribution in [3.05, 3.63) is 42.3 Å². The lowest BCUT2D eigenvalue weighted by atomic mass is 10.2. The first-order valence-corrected chi connectivity index (χ1v) is 9.00. The third-order valence-corrected chi connectivity index (χ3v) is 4.73. The molecule has 0 bridgehead atoms. The highest BCUT2D eigenvalue weighted by atomic mass is 16.5. The number of amides is 1. The van der Waals surface area contributed by atoms with Crippen molar-refractivity contribution in [3.8, 4) is 11.6 Å². The lowest BCUT2D eigenvalue weighted by Crippen LogP contribution is -2.32. The van der Waals surface area contributed by atoms with E-state index in [1.54, 1.807) is 41.2 Å². The van der Waals surface area contributed by atoms with E-state index in [2.05, 4.69) is 25.4 Å². The molecular formula is C18H21N7O2. The average molecular weight is 367 g/mol.